The van der Waals surface area contributed by atoms with Gasteiger partial charge in [-0.3, -0.25) is 4.79 Å². The molecule has 92 valence electrons. The van der Waals surface area contributed by atoms with Gasteiger partial charge >= 0.3 is 0 Å². The molecule has 1 unspecified atom stereocenters. The van der Waals surface area contributed by atoms with E-state index in [1.54, 1.807) is 18.5 Å². The molecule has 1 heterocycles. The van der Waals surface area contributed by atoms with Gasteiger partial charge in [0, 0.05) is 24.2 Å². The van der Waals surface area contributed by atoms with Gasteiger partial charge in [0.25, 0.3) is 0 Å². The topological polar surface area (TPSA) is 80.9 Å². The van der Waals surface area contributed by atoms with Crippen molar-refractivity contribution in [2.24, 2.45) is 5.73 Å². The van der Waals surface area contributed by atoms with Crippen molar-refractivity contribution >= 4 is 17.7 Å². The second kappa shape index (κ2) is 5.01. The number of nitrogens with zero attached hydrogens (tertiary/aromatic N) is 2. The molecular formula is C11H16N4OS. The molecule has 1 fully saturated rings. The number of nitrogens with one attached hydrogen (secondary N) is 1. The molecule has 17 heavy (non-hydrogen) atoms. The maximum absolute atomic E-state index is 11.5. The summed E-state index contributed by atoms with van der Waals surface area (Å²) in [5.41, 5.74) is 4.77. The van der Waals surface area contributed by atoms with Crippen LogP contribution >= 0.6 is 11.8 Å². The number of primary amides is 1. The Morgan fingerprint density at radius 1 is 1.59 bits per heavy atom. The van der Waals surface area contributed by atoms with Crippen LogP contribution in [0.3, 0.4) is 0 Å². The summed E-state index contributed by atoms with van der Waals surface area (Å²) in [5.74, 6) is 0.218. The van der Waals surface area contributed by atoms with Crippen LogP contribution in [0.25, 0.3) is 0 Å². The first-order valence-electron chi connectivity index (χ1n) is 5.57. The van der Waals surface area contributed by atoms with Crippen LogP contribution in [0.5, 0.6) is 0 Å². The number of hydrogen-bond donors (Lipinski definition) is 2. The second-order valence-corrected chi connectivity index (χ2v) is 5.38. The van der Waals surface area contributed by atoms with Crippen LogP contribution < -0.4 is 11.1 Å². The molecule has 0 aliphatic heterocycles. The lowest BCUT2D eigenvalue weighted by molar-refractivity contribution is -0.123. The molecule has 0 bridgehead atoms. The average Bonchev–Trinajstić information content (AvgIpc) is 3.11. The van der Waals surface area contributed by atoms with Crippen molar-refractivity contribution in [2.75, 3.05) is 5.75 Å². The van der Waals surface area contributed by atoms with Crippen LogP contribution in [-0.2, 0) is 4.79 Å². The Morgan fingerprint density at radius 3 is 2.76 bits per heavy atom. The third-order valence-corrected chi connectivity index (χ3v) is 3.87. The van der Waals surface area contributed by atoms with Crippen LogP contribution in [0, 0.1) is 0 Å². The summed E-state index contributed by atoms with van der Waals surface area (Å²) >= 11 is 1.44. The first kappa shape index (κ1) is 12.3. The maximum Gasteiger partial charge on any atom is 0.238 e. The zero-order chi connectivity index (χ0) is 12.3. The predicted octanol–water partition coefficient (Wildman–Crippen LogP) is 0.565. The van der Waals surface area contributed by atoms with E-state index in [0.29, 0.717) is 17.0 Å². The van der Waals surface area contributed by atoms with Crippen molar-refractivity contribution in [1.82, 2.24) is 15.3 Å². The molecule has 1 aromatic rings. The van der Waals surface area contributed by atoms with Gasteiger partial charge in [0.15, 0.2) is 5.16 Å². The zero-order valence-corrected chi connectivity index (χ0v) is 10.5. The van der Waals surface area contributed by atoms with Gasteiger partial charge in [0.1, 0.15) is 5.54 Å². The Hall–Kier alpha value is -1.14. The van der Waals surface area contributed by atoms with Crippen LogP contribution in [-0.4, -0.2) is 33.2 Å². The van der Waals surface area contributed by atoms with E-state index < -0.39 is 5.54 Å². The highest BCUT2D eigenvalue weighted by Crippen LogP contribution is 2.25. The summed E-state index contributed by atoms with van der Waals surface area (Å²) in [5, 5.41) is 3.95. The molecule has 0 spiro atoms. The van der Waals surface area contributed by atoms with Gasteiger partial charge in [-0.2, -0.15) is 0 Å². The number of hydrogen-bond acceptors (Lipinski definition) is 5. The van der Waals surface area contributed by atoms with Crippen LogP contribution in [0.2, 0.25) is 0 Å². The zero-order valence-electron chi connectivity index (χ0n) is 9.72. The standard InChI is InChI=1S/C11H16N4OS/c1-11(9(12)16,15-8-3-4-8)7-17-10-13-5-2-6-14-10/h2,5-6,8,15H,3-4,7H2,1H3,(H2,12,16). The summed E-state index contributed by atoms with van der Waals surface area (Å²) in [6.45, 7) is 1.84. The third kappa shape index (κ3) is 3.41. The van der Waals surface area contributed by atoms with Crippen LogP contribution in [0.15, 0.2) is 23.6 Å². The fourth-order valence-corrected chi connectivity index (χ4v) is 2.35. The van der Waals surface area contributed by atoms with Gasteiger partial charge in [0.2, 0.25) is 5.91 Å². The van der Waals surface area contributed by atoms with Gasteiger partial charge in [0.05, 0.1) is 0 Å². The van der Waals surface area contributed by atoms with Crippen molar-refractivity contribution in [1.29, 1.82) is 0 Å². The summed E-state index contributed by atoms with van der Waals surface area (Å²) in [7, 11) is 0. The van der Waals surface area contributed by atoms with E-state index in [9.17, 15) is 4.79 Å². The molecule has 2 rings (SSSR count). The van der Waals surface area contributed by atoms with Gasteiger partial charge in [-0.15, -0.1) is 0 Å². The molecule has 1 saturated carbocycles. The molecule has 1 amide bonds. The third-order valence-electron chi connectivity index (χ3n) is 2.68. The van der Waals surface area contributed by atoms with Crippen molar-refractivity contribution < 1.29 is 4.79 Å². The Labute approximate surface area is 105 Å². The molecular weight excluding hydrogens is 236 g/mol. The minimum atomic E-state index is -0.689. The van der Waals surface area contributed by atoms with E-state index in [0.717, 1.165) is 12.8 Å². The van der Waals surface area contributed by atoms with Gasteiger partial charge in [-0.25, -0.2) is 9.97 Å². The smallest absolute Gasteiger partial charge is 0.238 e. The molecule has 6 heteroatoms. The van der Waals surface area contributed by atoms with Gasteiger partial charge in [-0.05, 0) is 25.8 Å². The Kier molecular flexibility index (Phi) is 3.63. The molecule has 5 nitrogen and oxygen atoms in total. The van der Waals surface area contributed by atoms with E-state index in [-0.39, 0.29) is 5.91 Å². The molecule has 0 saturated heterocycles. The quantitative estimate of drug-likeness (QED) is 0.571. The summed E-state index contributed by atoms with van der Waals surface area (Å²) in [6, 6.07) is 2.20. The monoisotopic (exact) mass is 252 g/mol. The molecule has 1 aliphatic rings. The summed E-state index contributed by atoms with van der Waals surface area (Å²) in [4.78, 5) is 19.7. The number of carbonyl (C=O) groups is 1. The van der Waals surface area contributed by atoms with E-state index >= 15 is 0 Å². The number of carbonyl (C=O) groups excluding carboxylic acids is 1. The fraction of sp³-hybridized carbons (Fsp3) is 0.545. The fourth-order valence-electron chi connectivity index (χ4n) is 1.43. The van der Waals surface area contributed by atoms with E-state index in [2.05, 4.69) is 15.3 Å². The highest BCUT2D eigenvalue weighted by atomic mass is 32.2. The lowest BCUT2D eigenvalue weighted by Gasteiger charge is -2.26. The SMILES string of the molecule is CC(CSc1ncccn1)(NC1CC1)C(N)=O. The van der Waals surface area contributed by atoms with E-state index in [1.165, 1.54) is 11.8 Å². The second-order valence-electron chi connectivity index (χ2n) is 4.44. The number of thioether (sulfide) groups is 1. The van der Waals surface area contributed by atoms with Crippen molar-refractivity contribution in [3.8, 4) is 0 Å². The minimum absolute atomic E-state index is 0.326. The lowest BCUT2D eigenvalue weighted by Crippen LogP contribution is -2.55. The van der Waals surface area contributed by atoms with Crippen molar-refractivity contribution in [2.45, 2.75) is 36.5 Å². The molecule has 0 radical (unpaired) electrons. The Morgan fingerprint density at radius 2 is 2.24 bits per heavy atom. The highest BCUT2D eigenvalue weighted by molar-refractivity contribution is 7.99. The number of aromatic nitrogens is 2. The normalized spacial score (nSPS) is 18.6. The highest BCUT2D eigenvalue weighted by Gasteiger charge is 2.37. The predicted molar refractivity (Wildman–Crippen MR) is 66.5 cm³/mol. The van der Waals surface area contributed by atoms with Crippen molar-refractivity contribution in [3.05, 3.63) is 18.5 Å². The Balaban J connectivity index is 1.95. The molecule has 0 aromatic carbocycles. The average molecular weight is 252 g/mol. The largest absolute Gasteiger partial charge is 0.368 e. The molecule has 1 atom stereocenters. The maximum atomic E-state index is 11.5. The molecule has 1 aromatic heterocycles. The van der Waals surface area contributed by atoms with Crippen LogP contribution in [0.4, 0.5) is 0 Å². The number of rotatable bonds is 6. The van der Waals surface area contributed by atoms with Gasteiger partial charge in [-0.1, -0.05) is 11.8 Å². The Bertz CT molecular complexity index is 396. The first-order valence-corrected chi connectivity index (χ1v) is 6.56. The first-order chi connectivity index (χ1) is 8.10. The summed E-state index contributed by atoms with van der Waals surface area (Å²) < 4.78 is 0. The van der Waals surface area contributed by atoms with Crippen LogP contribution in [0.1, 0.15) is 19.8 Å². The lowest BCUT2D eigenvalue weighted by atomic mass is 10.1. The van der Waals surface area contributed by atoms with Crippen molar-refractivity contribution in [3.63, 3.8) is 0 Å². The molecule has 3 N–H and O–H groups in total. The number of amides is 1. The minimum Gasteiger partial charge on any atom is -0.368 e. The summed E-state index contributed by atoms with van der Waals surface area (Å²) in [6.07, 6.45) is 5.61. The van der Waals surface area contributed by atoms with E-state index in [4.69, 9.17) is 5.73 Å². The van der Waals surface area contributed by atoms with E-state index in [1.807, 2.05) is 6.92 Å². The molecule has 1 aliphatic carbocycles. The van der Waals surface area contributed by atoms with Gasteiger partial charge < -0.3 is 11.1 Å². The number of nitrogens with two attached hydrogens (primary N) is 1.